The van der Waals surface area contributed by atoms with E-state index >= 15 is 0 Å². The van der Waals surface area contributed by atoms with Gasteiger partial charge in [-0.2, -0.15) is 0 Å². The molecule has 98 valence electrons. The highest BCUT2D eigenvalue weighted by molar-refractivity contribution is 6.31. The summed E-state index contributed by atoms with van der Waals surface area (Å²) in [5.41, 5.74) is 1.69. The SMILES string of the molecule is CNCC1CCCN1C(=O)c1ccc(Cl)c(C)c1. The maximum atomic E-state index is 12.5. The second-order valence-corrected chi connectivity index (χ2v) is 5.22. The van der Waals surface area contributed by atoms with Crippen molar-refractivity contribution in [3.05, 3.63) is 34.3 Å². The predicted octanol–water partition coefficient (Wildman–Crippen LogP) is 2.47. The van der Waals surface area contributed by atoms with Gasteiger partial charge in [0, 0.05) is 29.7 Å². The van der Waals surface area contributed by atoms with Gasteiger partial charge in [-0.1, -0.05) is 11.6 Å². The number of hydrogen-bond donors (Lipinski definition) is 1. The van der Waals surface area contributed by atoms with Crippen molar-refractivity contribution in [3.63, 3.8) is 0 Å². The van der Waals surface area contributed by atoms with Gasteiger partial charge in [0.2, 0.25) is 0 Å². The van der Waals surface area contributed by atoms with Crippen LogP contribution >= 0.6 is 11.6 Å². The van der Waals surface area contributed by atoms with E-state index in [1.54, 1.807) is 6.07 Å². The van der Waals surface area contributed by atoms with Gasteiger partial charge in [-0.3, -0.25) is 4.79 Å². The second kappa shape index (κ2) is 5.72. The minimum absolute atomic E-state index is 0.118. The number of carbonyl (C=O) groups is 1. The van der Waals surface area contributed by atoms with Crippen LogP contribution in [-0.2, 0) is 0 Å². The molecule has 0 aliphatic carbocycles. The number of likely N-dealkylation sites (tertiary alicyclic amines) is 1. The first kappa shape index (κ1) is 13.4. The summed E-state index contributed by atoms with van der Waals surface area (Å²) in [4.78, 5) is 14.4. The van der Waals surface area contributed by atoms with Crippen molar-refractivity contribution in [1.82, 2.24) is 10.2 Å². The van der Waals surface area contributed by atoms with Crippen molar-refractivity contribution in [3.8, 4) is 0 Å². The first-order chi connectivity index (χ1) is 8.63. The molecule has 3 nitrogen and oxygen atoms in total. The fourth-order valence-electron chi connectivity index (χ4n) is 2.49. The average Bonchev–Trinajstić information content (AvgIpc) is 2.80. The number of carbonyl (C=O) groups excluding carboxylic acids is 1. The molecular formula is C14H19ClN2O. The second-order valence-electron chi connectivity index (χ2n) is 4.82. The lowest BCUT2D eigenvalue weighted by molar-refractivity contribution is 0.0737. The fraction of sp³-hybridized carbons (Fsp3) is 0.500. The Morgan fingerprint density at radius 3 is 3.00 bits per heavy atom. The Bertz CT molecular complexity index is 447. The van der Waals surface area contributed by atoms with Gasteiger partial charge >= 0.3 is 0 Å². The van der Waals surface area contributed by atoms with E-state index in [2.05, 4.69) is 5.32 Å². The van der Waals surface area contributed by atoms with Crippen LogP contribution in [0.5, 0.6) is 0 Å². The maximum absolute atomic E-state index is 12.5. The summed E-state index contributed by atoms with van der Waals surface area (Å²) in [7, 11) is 1.92. The Morgan fingerprint density at radius 2 is 2.33 bits per heavy atom. The highest BCUT2D eigenvalue weighted by atomic mass is 35.5. The predicted molar refractivity (Wildman–Crippen MR) is 74.2 cm³/mol. The van der Waals surface area contributed by atoms with Gasteiger partial charge in [0.15, 0.2) is 0 Å². The molecule has 0 aromatic heterocycles. The molecule has 1 saturated heterocycles. The lowest BCUT2D eigenvalue weighted by atomic mass is 10.1. The molecular weight excluding hydrogens is 248 g/mol. The van der Waals surface area contributed by atoms with Gasteiger partial charge < -0.3 is 10.2 Å². The van der Waals surface area contributed by atoms with Gasteiger partial charge in [0.25, 0.3) is 5.91 Å². The Kier molecular flexibility index (Phi) is 4.25. The van der Waals surface area contributed by atoms with Crippen LogP contribution in [0.2, 0.25) is 5.02 Å². The summed E-state index contributed by atoms with van der Waals surface area (Å²) in [5.74, 6) is 0.118. The third-order valence-electron chi connectivity index (χ3n) is 3.48. The highest BCUT2D eigenvalue weighted by Crippen LogP contribution is 2.22. The molecule has 2 rings (SSSR count). The highest BCUT2D eigenvalue weighted by Gasteiger charge is 2.28. The molecule has 1 heterocycles. The molecule has 1 amide bonds. The summed E-state index contributed by atoms with van der Waals surface area (Å²) in [5, 5.41) is 3.86. The van der Waals surface area contributed by atoms with E-state index in [4.69, 9.17) is 11.6 Å². The molecule has 4 heteroatoms. The molecule has 0 bridgehead atoms. The number of likely N-dealkylation sites (N-methyl/N-ethyl adjacent to an activating group) is 1. The van der Waals surface area contributed by atoms with Gasteiger partial charge in [-0.15, -0.1) is 0 Å². The molecule has 0 saturated carbocycles. The smallest absolute Gasteiger partial charge is 0.254 e. The molecule has 0 radical (unpaired) electrons. The van der Waals surface area contributed by atoms with Crippen LogP contribution in [0.4, 0.5) is 0 Å². The monoisotopic (exact) mass is 266 g/mol. The number of nitrogens with one attached hydrogen (secondary N) is 1. The first-order valence-electron chi connectivity index (χ1n) is 6.35. The van der Waals surface area contributed by atoms with Crippen LogP contribution in [0.25, 0.3) is 0 Å². The third kappa shape index (κ3) is 2.68. The summed E-state index contributed by atoms with van der Waals surface area (Å²) in [6.45, 7) is 3.64. The molecule has 18 heavy (non-hydrogen) atoms. The number of amides is 1. The quantitative estimate of drug-likeness (QED) is 0.912. The van der Waals surface area contributed by atoms with Crippen molar-refractivity contribution >= 4 is 17.5 Å². The van der Waals surface area contributed by atoms with Gasteiger partial charge in [0.05, 0.1) is 0 Å². The van der Waals surface area contributed by atoms with Crippen LogP contribution in [0.1, 0.15) is 28.8 Å². The van der Waals surface area contributed by atoms with Crippen LogP contribution in [0.15, 0.2) is 18.2 Å². The number of benzene rings is 1. The van der Waals surface area contributed by atoms with E-state index in [1.165, 1.54) is 0 Å². The number of hydrogen-bond acceptors (Lipinski definition) is 2. The average molecular weight is 267 g/mol. The molecule has 1 aromatic rings. The zero-order chi connectivity index (χ0) is 13.1. The van der Waals surface area contributed by atoms with Crippen molar-refractivity contribution in [1.29, 1.82) is 0 Å². The summed E-state index contributed by atoms with van der Waals surface area (Å²) in [6.07, 6.45) is 2.17. The van der Waals surface area contributed by atoms with Crippen molar-refractivity contribution < 1.29 is 4.79 Å². The number of rotatable bonds is 3. The molecule has 1 aliphatic heterocycles. The fourth-order valence-corrected chi connectivity index (χ4v) is 2.61. The minimum Gasteiger partial charge on any atom is -0.334 e. The lowest BCUT2D eigenvalue weighted by Crippen LogP contribution is -2.40. The molecule has 1 unspecified atom stereocenters. The third-order valence-corrected chi connectivity index (χ3v) is 3.91. The summed E-state index contributed by atoms with van der Waals surface area (Å²) < 4.78 is 0. The van der Waals surface area contributed by atoms with Crippen LogP contribution in [-0.4, -0.2) is 37.0 Å². The molecule has 1 fully saturated rings. The zero-order valence-corrected chi connectivity index (χ0v) is 11.6. The van der Waals surface area contributed by atoms with Crippen LogP contribution in [0, 0.1) is 6.92 Å². The standard InChI is InChI=1S/C14H19ClN2O/c1-10-8-11(5-6-13(10)15)14(18)17-7-3-4-12(17)9-16-2/h5-6,8,12,16H,3-4,7,9H2,1-2H3. The number of halogens is 1. The Balaban J connectivity index is 2.17. The first-order valence-corrected chi connectivity index (χ1v) is 6.73. The maximum Gasteiger partial charge on any atom is 0.254 e. The van der Waals surface area contributed by atoms with Crippen molar-refractivity contribution in [2.75, 3.05) is 20.1 Å². The van der Waals surface area contributed by atoms with E-state index in [9.17, 15) is 4.79 Å². The van der Waals surface area contributed by atoms with E-state index in [0.717, 1.165) is 37.1 Å². The minimum atomic E-state index is 0.118. The van der Waals surface area contributed by atoms with E-state index in [1.807, 2.05) is 31.0 Å². The van der Waals surface area contributed by atoms with Crippen LogP contribution < -0.4 is 5.32 Å². The van der Waals surface area contributed by atoms with E-state index < -0.39 is 0 Å². The largest absolute Gasteiger partial charge is 0.334 e. The molecule has 1 atom stereocenters. The lowest BCUT2D eigenvalue weighted by Gasteiger charge is -2.24. The molecule has 1 aromatic carbocycles. The Hall–Kier alpha value is -1.06. The summed E-state index contributed by atoms with van der Waals surface area (Å²) in [6, 6.07) is 5.80. The topological polar surface area (TPSA) is 32.3 Å². The normalized spacial score (nSPS) is 19.3. The zero-order valence-electron chi connectivity index (χ0n) is 10.9. The summed E-state index contributed by atoms with van der Waals surface area (Å²) >= 11 is 5.99. The Labute approximate surface area is 113 Å². The van der Waals surface area contributed by atoms with Gasteiger partial charge in [-0.25, -0.2) is 0 Å². The number of aryl methyl sites for hydroxylation is 1. The molecule has 1 N–H and O–H groups in total. The van der Waals surface area contributed by atoms with Gasteiger partial charge in [-0.05, 0) is 50.6 Å². The molecule has 1 aliphatic rings. The van der Waals surface area contributed by atoms with Gasteiger partial charge in [0.1, 0.15) is 0 Å². The Morgan fingerprint density at radius 1 is 1.56 bits per heavy atom. The van der Waals surface area contributed by atoms with Crippen LogP contribution in [0.3, 0.4) is 0 Å². The molecule has 0 spiro atoms. The number of nitrogens with zero attached hydrogens (tertiary/aromatic N) is 1. The van der Waals surface area contributed by atoms with E-state index in [0.29, 0.717) is 11.1 Å². The van der Waals surface area contributed by atoms with Crippen molar-refractivity contribution in [2.24, 2.45) is 0 Å². The van der Waals surface area contributed by atoms with E-state index in [-0.39, 0.29) is 5.91 Å². The van der Waals surface area contributed by atoms with Crippen molar-refractivity contribution in [2.45, 2.75) is 25.8 Å².